The fourth-order valence-corrected chi connectivity index (χ4v) is 2.69. The molecule has 1 unspecified atom stereocenters. The molecule has 1 aliphatic heterocycles. The molecule has 3 nitrogen and oxygen atoms in total. The lowest BCUT2D eigenvalue weighted by molar-refractivity contribution is 0.122. The van der Waals surface area contributed by atoms with Crippen molar-refractivity contribution in [3.8, 4) is 5.75 Å². The molecular formula is C16H26N2O. The van der Waals surface area contributed by atoms with Crippen LogP contribution in [0.3, 0.4) is 0 Å². The highest BCUT2D eigenvalue weighted by atomic mass is 16.5. The average molecular weight is 262 g/mol. The van der Waals surface area contributed by atoms with Gasteiger partial charge >= 0.3 is 0 Å². The van der Waals surface area contributed by atoms with Gasteiger partial charge in [-0.25, -0.2) is 0 Å². The van der Waals surface area contributed by atoms with Crippen molar-refractivity contribution in [3.05, 3.63) is 30.3 Å². The molecule has 0 aliphatic carbocycles. The number of para-hydroxylation sites is 1. The second-order valence-corrected chi connectivity index (χ2v) is 5.15. The average Bonchev–Trinajstić information content (AvgIpc) is 2.47. The first-order valence-electron chi connectivity index (χ1n) is 7.52. The highest BCUT2D eigenvalue weighted by Gasteiger charge is 2.21. The summed E-state index contributed by atoms with van der Waals surface area (Å²) in [5.41, 5.74) is 0. The lowest BCUT2D eigenvalue weighted by Gasteiger charge is -2.35. The molecule has 0 amide bonds. The lowest BCUT2D eigenvalue weighted by atomic mass is 10.0. The molecule has 106 valence electrons. The van der Waals surface area contributed by atoms with Crippen LogP contribution in [0.2, 0.25) is 0 Å². The van der Waals surface area contributed by atoms with Gasteiger partial charge < -0.3 is 10.1 Å². The van der Waals surface area contributed by atoms with Crippen LogP contribution in [0, 0.1) is 0 Å². The van der Waals surface area contributed by atoms with Gasteiger partial charge in [0, 0.05) is 19.1 Å². The largest absolute Gasteiger partial charge is 0.492 e. The van der Waals surface area contributed by atoms with Crippen LogP contribution in [-0.4, -0.2) is 43.7 Å². The summed E-state index contributed by atoms with van der Waals surface area (Å²) in [5.74, 6) is 0.975. The smallest absolute Gasteiger partial charge is 0.119 e. The summed E-state index contributed by atoms with van der Waals surface area (Å²) in [6.45, 7) is 7.38. The van der Waals surface area contributed by atoms with E-state index in [1.54, 1.807) is 0 Å². The summed E-state index contributed by atoms with van der Waals surface area (Å²) < 4.78 is 5.80. The first-order chi connectivity index (χ1) is 9.40. The number of nitrogens with zero attached hydrogens (tertiary/aromatic N) is 1. The van der Waals surface area contributed by atoms with Gasteiger partial charge in [-0.3, -0.25) is 4.90 Å². The van der Waals surface area contributed by atoms with E-state index in [1.807, 2.05) is 30.3 Å². The van der Waals surface area contributed by atoms with Gasteiger partial charge in [0.15, 0.2) is 0 Å². The zero-order chi connectivity index (χ0) is 13.3. The van der Waals surface area contributed by atoms with Gasteiger partial charge in [-0.05, 0) is 38.1 Å². The Morgan fingerprint density at radius 2 is 2.11 bits per heavy atom. The quantitative estimate of drug-likeness (QED) is 0.817. The van der Waals surface area contributed by atoms with Gasteiger partial charge in [0.25, 0.3) is 0 Å². The van der Waals surface area contributed by atoms with E-state index < -0.39 is 0 Å². The summed E-state index contributed by atoms with van der Waals surface area (Å²) in [5, 5.41) is 3.47. The molecule has 1 aromatic carbocycles. The number of piperidine rings is 1. The minimum atomic E-state index is 0.688. The highest BCUT2D eigenvalue weighted by Crippen LogP contribution is 2.16. The molecule has 0 saturated carbocycles. The van der Waals surface area contributed by atoms with Gasteiger partial charge in [0.2, 0.25) is 0 Å². The van der Waals surface area contributed by atoms with E-state index in [0.29, 0.717) is 6.04 Å². The standard InChI is InChI=1S/C16H26N2O/c1-2-17-14-15-8-6-7-11-18(15)12-13-19-16-9-4-3-5-10-16/h3-5,9-10,15,17H,2,6-8,11-14H2,1H3. The Balaban J connectivity index is 1.73. The fraction of sp³-hybridized carbons (Fsp3) is 0.625. The first-order valence-corrected chi connectivity index (χ1v) is 7.52. The van der Waals surface area contributed by atoms with Gasteiger partial charge in [-0.15, -0.1) is 0 Å². The Kier molecular flexibility index (Phi) is 6.18. The second-order valence-electron chi connectivity index (χ2n) is 5.15. The maximum absolute atomic E-state index is 5.80. The molecule has 1 N–H and O–H groups in total. The Morgan fingerprint density at radius 1 is 1.26 bits per heavy atom. The zero-order valence-corrected chi connectivity index (χ0v) is 12.0. The predicted molar refractivity (Wildman–Crippen MR) is 79.7 cm³/mol. The fourth-order valence-electron chi connectivity index (χ4n) is 2.69. The van der Waals surface area contributed by atoms with Crippen LogP contribution in [0.15, 0.2) is 30.3 Å². The molecule has 2 rings (SSSR count). The van der Waals surface area contributed by atoms with E-state index in [2.05, 4.69) is 17.1 Å². The van der Waals surface area contributed by atoms with Crippen molar-refractivity contribution in [2.75, 3.05) is 32.8 Å². The molecule has 1 heterocycles. The number of likely N-dealkylation sites (N-methyl/N-ethyl adjacent to an activating group) is 1. The van der Waals surface area contributed by atoms with Crippen LogP contribution in [-0.2, 0) is 0 Å². The van der Waals surface area contributed by atoms with Crippen molar-refractivity contribution in [1.82, 2.24) is 10.2 Å². The molecule has 1 aliphatic rings. The first kappa shape index (κ1) is 14.4. The minimum Gasteiger partial charge on any atom is -0.492 e. The molecule has 0 radical (unpaired) electrons. The van der Waals surface area contributed by atoms with E-state index in [1.165, 1.54) is 25.8 Å². The normalized spacial score (nSPS) is 20.4. The van der Waals surface area contributed by atoms with Crippen LogP contribution < -0.4 is 10.1 Å². The van der Waals surface area contributed by atoms with Crippen LogP contribution in [0.1, 0.15) is 26.2 Å². The molecule has 0 bridgehead atoms. The number of hydrogen-bond acceptors (Lipinski definition) is 3. The predicted octanol–water partition coefficient (Wildman–Crippen LogP) is 2.53. The van der Waals surface area contributed by atoms with Gasteiger partial charge in [0.1, 0.15) is 12.4 Å². The van der Waals surface area contributed by atoms with Crippen LogP contribution in [0.25, 0.3) is 0 Å². The van der Waals surface area contributed by atoms with Crippen LogP contribution in [0.4, 0.5) is 0 Å². The van der Waals surface area contributed by atoms with E-state index in [-0.39, 0.29) is 0 Å². The van der Waals surface area contributed by atoms with E-state index in [0.717, 1.165) is 32.0 Å². The van der Waals surface area contributed by atoms with Gasteiger partial charge in [-0.2, -0.15) is 0 Å². The lowest BCUT2D eigenvalue weighted by Crippen LogP contribution is -2.46. The van der Waals surface area contributed by atoms with Crippen molar-refractivity contribution in [2.24, 2.45) is 0 Å². The minimum absolute atomic E-state index is 0.688. The summed E-state index contributed by atoms with van der Waals surface area (Å²) in [4.78, 5) is 2.58. The molecule has 1 saturated heterocycles. The number of benzene rings is 1. The zero-order valence-electron chi connectivity index (χ0n) is 12.0. The summed E-state index contributed by atoms with van der Waals surface area (Å²) in [7, 11) is 0. The van der Waals surface area contributed by atoms with E-state index >= 15 is 0 Å². The molecular weight excluding hydrogens is 236 g/mol. The molecule has 0 spiro atoms. The van der Waals surface area contributed by atoms with Crippen LogP contribution >= 0.6 is 0 Å². The topological polar surface area (TPSA) is 24.5 Å². The van der Waals surface area contributed by atoms with Crippen molar-refractivity contribution in [3.63, 3.8) is 0 Å². The van der Waals surface area contributed by atoms with Gasteiger partial charge in [0.05, 0.1) is 0 Å². The third-order valence-electron chi connectivity index (χ3n) is 3.77. The van der Waals surface area contributed by atoms with Crippen molar-refractivity contribution in [1.29, 1.82) is 0 Å². The number of rotatable bonds is 7. The summed E-state index contributed by atoms with van der Waals surface area (Å²) >= 11 is 0. The highest BCUT2D eigenvalue weighted by molar-refractivity contribution is 5.20. The SMILES string of the molecule is CCNCC1CCCCN1CCOc1ccccc1. The monoisotopic (exact) mass is 262 g/mol. The van der Waals surface area contributed by atoms with Crippen LogP contribution in [0.5, 0.6) is 5.75 Å². The Labute approximate surface area is 116 Å². The van der Waals surface area contributed by atoms with Crippen molar-refractivity contribution in [2.45, 2.75) is 32.2 Å². The number of likely N-dealkylation sites (tertiary alicyclic amines) is 1. The third kappa shape index (κ3) is 4.84. The number of nitrogens with one attached hydrogen (secondary N) is 1. The Bertz CT molecular complexity index is 342. The molecule has 1 fully saturated rings. The Hall–Kier alpha value is -1.06. The summed E-state index contributed by atoms with van der Waals surface area (Å²) in [6.07, 6.45) is 4.01. The molecule has 1 aromatic rings. The van der Waals surface area contributed by atoms with Crippen molar-refractivity contribution >= 4 is 0 Å². The third-order valence-corrected chi connectivity index (χ3v) is 3.77. The Morgan fingerprint density at radius 3 is 2.89 bits per heavy atom. The van der Waals surface area contributed by atoms with Gasteiger partial charge in [-0.1, -0.05) is 31.5 Å². The summed E-state index contributed by atoms with van der Waals surface area (Å²) in [6, 6.07) is 10.8. The number of hydrogen-bond donors (Lipinski definition) is 1. The molecule has 19 heavy (non-hydrogen) atoms. The maximum atomic E-state index is 5.80. The van der Waals surface area contributed by atoms with E-state index in [9.17, 15) is 0 Å². The second kappa shape index (κ2) is 8.18. The van der Waals surface area contributed by atoms with Crippen molar-refractivity contribution < 1.29 is 4.74 Å². The maximum Gasteiger partial charge on any atom is 0.119 e. The molecule has 3 heteroatoms. The molecule has 0 aromatic heterocycles. The molecule has 1 atom stereocenters. The van der Waals surface area contributed by atoms with E-state index in [4.69, 9.17) is 4.74 Å². The number of ether oxygens (including phenoxy) is 1.